The van der Waals surface area contributed by atoms with Gasteiger partial charge in [0, 0.05) is 25.6 Å². The van der Waals surface area contributed by atoms with E-state index in [0.29, 0.717) is 6.54 Å². The third-order valence-corrected chi connectivity index (χ3v) is 3.88. The molecule has 3 rings (SSSR count). The van der Waals surface area contributed by atoms with Crippen LogP contribution in [0.25, 0.3) is 10.8 Å². The lowest BCUT2D eigenvalue weighted by Crippen LogP contribution is -2.37. The number of rotatable bonds is 3. The Morgan fingerprint density at radius 2 is 2.10 bits per heavy atom. The average Bonchev–Trinajstić information content (AvgIpc) is 3.00. The first-order valence-electron chi connectivity index (χ1n) is 7.35. The van der Waals surface area contributed by atoms with Gasteiger partial charge < -0.3 is 15.0 Å². The van der Waals surface area contributed by atoms with Crippen molar-refractivity contribution < 1.29 is 9.53 Å². The second-order valence-corrected chi connectivity index (χ2v) is 5.47. The molecule has 0 bridgehead atoms. The van der Waals surface area contributed by atoms with Gasteiger partial charge in [-0.05, 0) is 24.3 Å². The van der Waals surface area contributed by atoms with Crippen LogP contribution in [0.1, 0.15) is 12.8 Å². The highest BCUT2D eigenvalue weighted by Crippen LogP contribution is 2.23. The molecule has 1 fully saturated rings. The van der Waals surface area contributed by atoms with Gasteiger partial charge in [-0.3, -0.25) is 0 Å². The highest BCUT2D eigenvalue weighted by atomic mass is 16.5. The van der Waals surface area contributed by atoms with Crippen molar-refractivity contribution in [1.82, 2.24) is 4.90 Å². The molecule has 0 radical (unpaired) electrons. The smallest absolute Gasteiger partial charge is 0.321 e. The summed E-state index contributed by atoms with van der Waals surface area (Å²) in [5.41, 5.74) is 0.845. The van der Waals surface area contributed by atoms with Crippen LogP contribution >= 0.6 is 0 Å². The molecule has 1 aliphatic heterocycles. The van der Waals surface area contributed by atoms with Gasteiger partial charge in [0.05, 0.1) is 11.8 Å². The Morgan fingerprint density at radius 3 is 2.90 bits per heavy atom. The molecule has 0 saturated carbocycles. The minimum Gasteiger partial charge on any atom is -0.376 e. The third kappa shape index (κ3) is 3.16. The van der Waals surface area contributed by atoms with E-state index in [1.807, 2.05) is 49.5 Å². The highest BCUT2D eigenvalue weighted by molar-refractivity contribution is 6.01. The van der Waals surface area contributed by atoms with Gasteiger partial charge in [-0.15, -0.1) is 0 Å². The summed E-state index contributed by atoms with van der Waals surface area (Å²) >= 11 is 0. The van der Waals surface area contributed by atoms with E-state index < -0.39 is 0 Å². The van der Waals surface area contributed by atoms with E-state index in [2.05, 4.69) is 5.32 Å². The Morgan fingerprint density at radius 1 is 1.29 bits per heavy atom. The summed E-state index contributed by atoms with van der Waals surface area (Å²) in [6, 6.07) is 13.9. The summed E-state index contributed by atoms with van der Waals surface area (Å²) in [7, 11) is 1.81. The van der Waals surface area contributed by atoms with E-state index in [0.717, 1.165) is 35.9 Å². The number of carbonyl (C=O) groups excluding carboxylic acids is 1. The van der Waals surface area contributed by atoms with Crippen LogP contribution in [0.2, 0.25) is 0 Å². The molecule has 1 unspecified atom stereocenters. The summed E-state index contributed by atoms with van der Waals surface area (Å²) < 4.78 is 5.57. The number of hydrogen-bond donors (Lipinski definition) is 1. The molecule has 2 aromatic carbocycles. The topological polar surface area (TPSA) is 41.6 Å². The summed E-state index contributed by atoms with van der Waals surface area (Å²) in [5, 5.41) is 5.17. The summed E-state index contributed by atoms with van der Waals surface area (Å²) in [6.07, 6.45) is 2.29. The molecule has 4 heteroatoms. The van der Waals surface area contributed by atoms with Gasteiger partial charge in [0.2, 0.25) is 0 Å². The van der Waals surface area contributed by atoms with E-state index in [9.17, 15) is 4.79 Å². The molecular formula is C17H20N2O2. The number of hydrogen-bond acceptors (Lipinski definition) is 2. The third-order valence-electron chi connectivity index (χ3n) is 3.88. The maximum absolute atomic E-state index is 12.3. The number of amides is 2. The molecule has 2 aromatic rings. The Hall–Kier alpha value is -2.07. The lowest BCUT2D eigenvalue weighted by molar-refractivity contribution is 0.0894. The van der Waals surface area contributed by atoms with E-state index in [4.69, 9.17) is 4.74 Å². The molecule has 1 aliphatic rings. The fraction of sp³-hybridized carbons (Fsp3) is 0.353. The zero-order chi connectivity index (χ0) is 14.7. The fourth-order valence-corrected chi connectivity index (χ4v) is 2.72. The standard InChI is InChI=1S/C17H20N2O2/c1-19(12-14-8-5-11-21-14)17(20)18-16-10-4-7-13-6-2-3-9-15(13)16/h2-4,6-7,9-10,14H,5,8,11-12H2,1H3,(H,18,20). The van der Waals surface area contributed by atoms with Crippen LogP contribution in [0.4, 0.5) is 10.5 Å². The largest absolute Gasteiger partial charge is 0.376 e. The van der Waals surface area contributed by atoms with E-state index in [-0.39, 0.29) is 12.1 Å². The maximum Gasteiger partial charge on any atom is 0.321 e. The summed E-state index contributed by atoms with van der Waals surface area (Å²) in [5.74, 6) is 0. The lowest BCUT2D eigenvalue weighted by Gasteiger charge is -2.21. The molecule has 0 aromatic heterocycles. The number of fused-ring (bicyclic) bond motifs is 1. The Labute approximate surface area is 124 Å². The second-order valence-electron chi connectivity index (χ2n) is 5.47. The number of benzene rings is 2. The molecule has 0 spiro atoms. The Balaban J connectivity index is 1.70. The highest BCUT2D eigenvalue weighted by Gasteiger charge is 2.20. The molecule has 2 amide bonds. The van der Waals surface area contributed by atoms with Crippen molar-refractivity contribution in [2.45, 2.75) is 18.9 Å². The molecule has 110 valence electrons. The number of likely N-dealkylation sites (N-methyl/N-ethyl adjacent to an activating group) is 1. The van der Waals surface area contributed by atoms with Crippen molar-refractivity contribution in [1.29, 1.82) is 0 Å². The zero-order valence-electron chi connectivity index (χ0n) is 12.2. The average molecular weight is 284 g/mol. The van der Waals surface area contributed by atoms with Crippen molar-refractivity contribution >= 4 is 22.5 Å². The van der Waals surface area contributed by atoms with E-state index in [1.54, 1.807) is 4.90 Å². The van der Waals surface area contributed by atoms with Crippen LogP contribution in [0.5, 0.6) is 0 Å². The maximum atomic E-state index is 12.3. The van der Waals surface area contributed by atoms with Crippen molar-refractivity contribution in [2.24, 2.45) is 0 Å². The lowest BCUT2D eigenvalue weighted by atomic mass is 10.1. The van der Waals surface area contributed by atoms with Gasteiger partial charge in [0.15, 0.2) is 0 Å². The molecule has 1 saturated heterocycles. The van der Waals surface area contributed by atoms with Crippen LogP contribution in [-0.2, 0) is 4.74 Å². The minimum atomic E-state index is -0.0955. The van der Waals surface area contributed by atoms with E-state index >= 15 is 0 Å². The van der Waals surface area contributed by atoms with Gasteiger partial charge in [-0.2, -0.15) is 0 Å². The van der Waals surface area contributed by atoms with Gasteiger partial charge in [-0.1, -0.05) is 36.4 Å². The Kier molecular flexibility index (Phi) is 4.06. The van der Waals surface area contributed by atoms with Crippen LogP contribution < -0.4 is 5.32 Å². The first-order valence-corrected chi connectivity index (χ1v) is 7.35. The predicted octanol–water partition coefficient (Wildman–Crippen LogP) is 3.48. The number of carbonyl (C=O) groups is 1. The van der Waals surface area contributed by atoms with Gasteiger partial charge in [-0.25, -0.2) is 4.79 Å². The summed E-state index contributed by atoms with van der Waals surface area (Å²) in [6.45, 7) is 1.44. The molecule has 1 atom stereocenters. The van der Waals surface area contributed by atoms with Crippen LogP contribution in [0.15, 0.2) is 42.5 Å². The number of anilines is 1. The molecule has 4 nitrogen and oxygen atoms in total. The SMILES string of the molecule is CN(CC1CCCO1)C(=O)Nc1cccc2ccccc12. The quantitative estimate of drug-likeness (QED) is 0.937. The van der Waals surface area contributed by atoms with Gasteiger partial charge >= 0.3 is 6.03 Å². The van der Waals surface area contributed by atoms with Crippen LogP contribution in [0.3, 0.4) is 0 Å². The second kappa shape index (κ2) is 6.14. The fourth-order valence-electron chi connectivity index (χ4n) is 2.72. The number of nitrogens with zero attached hydrogens (tertiary/aromatic N) is 1. The van der Waals surface area contributed by atoms with Crippen molar-refractivity contribution in [2.75, 3.05) is 25.5 Å². The van der Waals surface area contributed by atoms with Gasteiger partial charge in [0.25, 0.3) is 0 Å². The summed E-state index contributed by atoms with van der Waals surface area (Å²) in [4.78, 5) is 14.0. The molecule has 1 N–H and O–H groups in total. The van der Waals surface area contributed by atoms with Crippen LogP contribution in [-0.4, -0.2) is 37.2 Å². The number of urea groups is 1. The first-order chi connectivity index (χ1) is 10.2. The normalized spacial score (nSPS) is 17.9. The van der Waals surface area contributed by atoms with E-state index in [1.165, 1.54) is 0 Å². The number of ether oxygens (including phenoxy) is 1. The van der Waals surface area contributed by atoms with Crippen LogP contribution in [0, 0.1) is 0 Å². The van der Waals surface area contributed by atoms with Crippen molar-refractivity contribution in [3.63, 3.8) is 0 Å². The predicted molar refractivity (Wildman–Crippen MR) is 84.6 cm³/mol. The first kappa shape index (κ1) is 13.9. The molecule has 0 aliphatic carbocycles. The van der Waals surface area contributed by atoms with Crippen molar-refractivity contribution in [3.8, 4) is 0 Å². The Bertz CT molecular complexity index is 630. The minimum absolute atomic E-state index is 0.0955. The zero-order valence-corrected chi connectivity index (χ0v) is 12.2. The van der Waals surface area contributed by atoms with Gasteiger partial charge in [0.1, 0.15) is 0 Å². The van der Waals surface area contributed by atoms with Crippen molar-refractivity contribution in [3.05, 3.63) is 42.5 Å². The number of nitrogens with one attached hydrogen (secondary N) is 1. The molecule has 1 heterocycles. The molecular weight excluding hydrogens is 264 g/mol. The molecule has 21 heavy (non-hydrogen) atoms. The monoisotopic (exact) mass is 284 g/mol.